The number of hydrogen-bond donors (Lipinski definition) is 3. The molecule has 3 N–H and O–H groups in total. The van der Waals surface area contributed by atoms with Gasteiger partial charge in [-0.2, -0.15) is 0 Å². The molecule has 3 heteroatoms. The van der Waals surface area contributed by atoms with Gasteiger partial charge in [-0.1, -0.05) is 0 Å². The summed E-state index contributed by atoms with van der Waals surface area (Å²) in [5.41, 5.74) is 0.291. The zero-order valence-corrected chi connectivity index (χ0v) is 7.11. The second-order valence-corrected chi connectivity index (χ2v) is 4.00. The lowest BCUT2D eigenvalue weighted by Crippen LogP contribution is -2.63. The van der Waals surface area contributed by atoms with Gasteiger partial charge in [0.1, 0.15) is 0 Å². The summed E-state index contributed by atoms with van der Waals surface area (Å²) in [6, 6.07) is 0.684. The van der Waals surface area contributed by atoms with Crippen LogP contribution in [0.15, 0.2) is 0 Å². The molecule has 2 aliphatic rings. The number of rotatable bonds is 0. The molecule has 0 saturated carbocycles. The van der Waals surface area contributed by atoms with Crippen LogP contribution in [-0.4, -0.2) is 37.8 Å². The van der Waals surface area contributed by atoms with E-state index in [4.69, 9.17) is 0 Å². The molecule has 2 atom stereocenters. The van der Waals surface area contributed by atoms with Crippen molar-refractivity contribution in [2.75, 3.05) is 26.2 Å². The molecule has 2 unspecified atom stereocenters. The van der Waals surface area contributed by atoms with Crippen molar-refractivity contribution in [3.8, 4) is 0 Å². The van der Waals surface area contributed by atoms with E-state index in [0.717, 1.165) is 26.2 Å². The van der Waals surface area contributed by atoms with Gasteiger partial charge in [-0.25, -0.2) is 0 Å². The molecule has 2 fully saturated rings. The Morgan fingerprint density at radius 3 is 3.00 bits per heavy atom. The predicted molar refractivity (Wildman–Crippen MR) is 45.7 cm³/mol. The molecular weight excluding hydrogens is 138 g/mol. The van der Waals surface area contributed by atoms with Crippen LogP contribution in [0.2, 0.25) is 0 Å². The maximum absolute atomic E-state index is 3.67. The van der Waals surface area contributed by atoms with E-state index < -0.39 is 0 Å². The van der Waals surface area contributed by atoms with E-state index in [-0.39, 0.29) is 0 Å². The first-order chi connectivity index (χ1) is 5.29. The Balaban J connectivity index is 2.07. The fourth-order valence-corrected chi connectivity index (χ4v) is 2.05. The molecule has 0 spiro atoms. The summed E-state index contributed by atoms with van der Waals surface area (Å²) in [6.07, 6.45) is 1.25. The zero-order valence-electron chi connectivity index (χ0n) is 7.11. The maximum Gasteiger partial charge on any atom is 0.0406 e. The summed E-state index contributed by atoms with van der Waals surface area (Å²) in [7, 11) is 0. The molecule has 0 radical (unpaired) electrons. The van der Waals surface area contributed by atoms with Gasteiger partial charge in [-0.15, -0.1) is 0 Å². The van der Waals surface area contributed by atoms with Crippen LogP contribution in [0.1, 0.15) is 13.3 Å². The van der Waals surface area contributed by atoms with Crippen LogP contribution in [0.3, 0.4) is 0 Å². The van der Waals surface area contributed by atoms with E-state index in [1.807, 2.05) is 0 Å². The van der Waals surface area contributed by atoms with E-state index in [1.165, 1.54) is 6.42 Å². The van der Waals surface area contributed by atoms with Gasteiger partial charge in [0.15, 0.2) is 0 Å². The van der Waals surface area contributed by atoms with E-state index in [9.17, 15) is 0 Å². The first kappa shape index (κ1) is 7.53. The van der Waals surface area contributed by atoms with Crippen molar-refractivity contribution < 1.29 is 0 Å². The Hall–Kier alpha value is -0.120. The Morgan fingerprint density at radius 2 is 2.09 bits per heavy atom. The van der Waals surface area contributed by atoms with Crippen LogP contribution in [0.5, 0.6) is 0 Å². The molecule has 3 nitrogen and oxygen atoms in total. The minimum Gasteiger partial charge on any atom is -0.315 e. The molecular formula is C8H17N3. The van der Waals surface area contributed by atoms with Crippen LogP contribution in [-0.2, 0) is 0 Å². The zero-order chi connectivity index (χ0) is 7.73. The van der Waals surface area contributed by atoms with Crippen molar-refractivity contribution in [2.24, 2.45) is 0 Å². The summed E-state index contributed by atoms with van der Waals surface area (Å²) in [6.45, 7) is 6.77. The molecule has 2 aliphatic heterocycles. The molecule has 0 aromatic heterocycles. The molecule has 2 heterocycles. The summed E-state index contributed by atoms with van der Waals surface area (Å²) in [5, 5.41) is 10.6. The quantitative estimate of drug-likeness (QED) is 0.433. The van der Waals surface area contributed by atoms with E-state index in [1.54, 1.807) is 0 Å². The highest BCUT2D eigenvalue weighted by Gasteiger charge is 2.32. The fraction of sp³-hybridized carbons (Fsp3) is 1.00. The molecule has 0 amide bonds. The van der Waals surface area contributed by atoms with Gasteiger partial charge < -0.3 is 16.0 Å². The van der Waals surface area contributed by atoms with Gasteiger partial charge in [-0.3, -0.25) is 0 Å². The van der Waals surface area contributed by atoms with Crippen molar-refractivity contribution in [1.82, 2.24) is 16.0 Å². The highest BCUT2D eigenvalue weighted by molar-refractivity contribution is 4.97. The Labute approximate surface area is 67.9 Å². The van der Waals surface area contributed by atoms with Crippen molar-refractivity contribution in [1.29, 1.82) is 0 Å². The average molecular weight is 155 g/mol. The first-order valence-corrected chi connectivity index (χ1v) is 4.48. The minimum atomic E-state index is 0.291. The van der Waals surface area contributed by atoms with Gasteiger partial charge in [0.05, 0.1) is 0 Å². The van der Waals surface area contributed by atoms with Crippen LogP contribution >= 0.6 is 0 Å². The largest absolute Gasteiger partial charge is 0.315 e. The molecule has 2 rings (SSSR count). The third kappa shape index (κ3) is 1.55. The first-order valence-electron chi connectivity index (χ1n) is 4.48. The number of nitrogens with one attached hydrogen (secondary N) is 3. The SMILES string of the molecule is CC12CNCCC(CNC1)N2. The molecule has 0 aliphatic carbocycles. The van der Waals surface area contributed by atoms with Gasteiger partial charge >= 0.3 is 0 Å². The lowest BCUT2D eigenvalue weighted by atomic mass is 9.98. The molecule has 0 aromatic carbocycles. The highest BCUT2D eigenvalue weighted by atomic mass is 15.2. The molecule has 2 bridgehead atoms. The number of fused-ring (bicyclic) bond motifs is 2. The minimum absolute atomic E-state index is 0.291. The molecule has 2 saturated heterocycles. The lowest BCUT2D eigenvalue weighted by molar-refractivity contribution is 0.257. The van der Waals surface area contributed by atoms with Gasteiger partial charge in [0.2, 0.25) is 0 Å². The number of hydrogen-bond acceptors (Lipinski definition) is 3. The Morgan fingerprint density at radius 1 is 1.27 bits per heavy atom. The van der Waals surface area contributed by atoms with Crippen molar-refractivity contribution in [3.63, 3.8) is 0 Å². The summed E-state index contributed by atoms with van der Waals surface area (Å²) >= 11 is 0. The monoisotopic (exact) mass is 155 g/mol. The van der Waals surface area contributed by atoms with Crippen molar-refractivity contribution >= 4 is 0 Å². The smallest absolute Gasteiger partial charge is 0.0406 e. The molecule has 64 valence electrons. The van der Waals surface area contributed by atoms with Crippen LogP contribution in [0, 0.1) is 0 Å². The third-order valence-electron chi connectivity index (χ3n) is 2.64. The lowest BCUT2D eigenvalue weighted by Gasteiger charge is -2.38. The Bertz CT molecular complexity index is 148. The van der Waals surface area contributed by atoms with Gasteiger partial charge in [0.25, 0.3) is 0 Å². The van der Waals surface area contributed by atoms with E-state index in [2.05, 4.69) is 22.9 Å². The Kier molecular flexibility index (Phi) is 1.87. The van der Waals surface area contributed by atoms with Crippen LogP contribution in [0.25, 0.3) is 0 Å². The predicted octanol–water partition coefficient (Wildman–Crippen LogP) is -0.700. The number of piperazine rings is 1. The molecule has 0 aromatic rings. The van der Waals surface area contributed by atoms with Crippen molar-refractivity contribution in [2.45, 2.75) is 24.9 Å². The van der Waals surface area contributed by atoms with Crippen molar-refractivity contribution in [3.05, 3.63) is 0 Å². The fourth-order valence-electron chi connectivity index (χ4n) is 2.05. The summed E-state index contributed by atoms with van der Waals surface area (Å²) in [5.74, 6) is 0. The molecule has 11 heavy (non-hydrogen) atoms. The van der Waals surface area contributed by atoms with E-state index in [0.29, 0.717) is 11.6 Å². The summed E-state index contributed by atoms with van der Waals surface area (Å²) in [4.78, 5) is 0. The van der Waals surface area contributed by atoms with Crippen LogP contribution < -0.4 is 16.0 Å². The average Bonchev–Trinajstić information content (AvgIpc) is 2.09. The second-order valence-electron chi connectivity index (χ2n) is 4.00. The normalized spacial score (nSPS) is 45.0. The second kappa shape index (κ2) is 2.73. The van der Waals surface area contributed by atoms with Gasteiger partial charge in [0, 0.05) is 31.2 Å². The maximum atomic E-state index is 3.67. The topological polar surface area (TPSA) is 36.1 Å². The standard InChI is InChI=1S/C8H17N3/c1-8-5-9-3-2-7(11-8)4-10-6-8/h7,9-11H,2-6H2,1H3. The summed E-state index contributed by atoms with van der Waals surface area (Å²) < 4.78 is 0. The van der Waals surface area contributed by atoms with Crippen LogP contribution in [0.4, 0.5) is 0 Å². The third-order valence-corrected chi connectivity index (χ3v) is 2.64. The highest BCUT2D eigenvalue weighted by Crippen LogP contribution is 2.11. The van der Waals surface area contributed by atoms with Gasteiger partial charge in [-0.05, 0) is 19.9 Å². The van der Waals surface area contributed by atoms with E-state index >= 15 is 0 Å².